The molecule has 0 aromatic rings. The van der Waals surface area contributed by atoms with E-state index in [2.05, 4.69) is 33.0 Å². The molecule has 18 heavy (non-hydrogen) atoms. The summed E-state index contributed by atoms with van der Waals surface area (Å²) in [6.07, 6.45) is 5.00. The molecule has 1 saturated carbocycles. The van der Waals surface area contributed by atoms with Crippen LogP contribution in [0.15, 0.2) is 0 Å². The van der Waals surface area contributed by atoms with Gasteiger partial charge >= 0.3 is 0 Å². The average molecular weight is 257 g/mol. The van der Waals surface area contributed by atoms with Gasteiger partial charge < -0.3 is 14.8 Å². The number of methoxy groups -OCH3 is 1. The predicted molar refractivity (Wildman–Crippen MR) is 75.9 cm³/mol. The molecule has 0 saturated heterocycles. The van der Waals surface area contributed by atoms with Crippen molar-refractivity contribution in [2.45, 2.75) is 71.1 Å². The van der Waals surface area contributed by atoms with Crippen LogP contribution in [0.25, 0.3) is 0 Å². The van der Waals surface area contributed by atoms with Gasteiger partial charge in [0, 0.05) is 19.8 Å². The fraction of sp³-hybridized carbons (Fsp3) is 1.00. The van der Waals surface area contributed by atoms with Crippen molar-refractivity contribution in [2.75, 3.05) is 20.8 Å². The van der Waals surface area contributed by atoms with E-state index < -0.39 is 0 Å². The third kappa shape index (κ3) is 4.22. The molecule has 108 valence electrons. The third-order valence-corrected chi connectivity index (χ3v) is 4.42. The van der Waals surface area contributed by atoms with E-state index in [0.717, 1.165) is 13.0 Å². The van der Waals surface area contributed by atoms with Crippen LogP contribution in [0.2, 0.25) is 0 Å². The van der Waals surface area contributed by atoms with E-state index in [1.165, 1.54) is 19.3 Å². The lowest BCUT2D eigenvalue weighted by Gasteiger charge is -2.44. The summed E-state index contributed by atoms with van der Waals surface area (Å²) in [5.41, 5.74) is 0.244. The van der Waals surface area contributed by atoms with Gasteiger partial charge in [-0.15, -0.1) is 0 Å². The van der Waals surface area contributed by atoms with Crippen molar-refractivity contribution in [3.8, 4) is 0 Å². The molecule has 1 aliphatic carbocycles. The summed E-state index contributed by atoms with van der Waals surface area (Å²) >= 11 is 0. The largest absolute Gasteiger partial charge is 0.379 e. The van der Waals surface area contributed by atoms with Gasteiger partial charge in [0.1, 0.15) is 0 Å². The monoisotopic (exact) mass is 257 g/mol. The number of likely N-dealkylation sites (N-methyl/N-ethyl adjacent to an activating group) is 1. The van der Waals surface area contributed by atoms with Crippen LogP contribution in [0.4, 0.5) is 0 Å². The maximum Gasteiger partial charge on any atom is 0.0733 e. The first-order chi connectivity index (χ1) is 8.32. The zero-order chi connectivity index (χ0) is 13.8. The Labute approximate surface area is 113 Å². The van der Waals surface area contributed by atoms with Gasteiger partial charge in [0.15, 0.2) is 0 Å². The van der Waals surface area contributed by atoms with E-state index in [1.807, 2.05) is 7.05 Å². The lowest BCUT2D eigenvalue weighted by molar-refractivity contribution is -0.0626. The average Bonchev–Trinajstić information content (AvgIpc) is 2.28. The highest BCUT2D eigenvalue weighted by atomic mass is 16.5. The van der Waals surface area contributed by atoms with Gasteiger partial charge in [-0.25, -0.2) is 0 Å². The van der Waals surface area contributed by atoms with Gasteiger partial charge in [0.25, 0.3) is 0 Å². The Hall–Kier alpha value is -0.120. The Kier molecular flexibility index (Phi) is 5.63. The summed E-state index contributed by atoms with van der Waals surface area (Å²) < 4.78 is 11.5. The summed E-state index contributed by atoms with van der Waals surface area (Å²) in [5, 5.41) is 3.45. The minimum atomic E-state index is -0.0840. The van der Waals surface area contributed by atoms with E-state index in [4.69, 9.17) is 9.47 Å². The number of rotatable bonds is 6. The van der Waals surface area contributed by atoms with Gasteiger partial charge in [-0.2, -0.15) is 0 Å². The summed E-state index contributed by atoms with van der Waals surface area (Å²) in [5.74, 6) is 0. The highest BCUT2D eigenvalue weighted by Crippen LogP contribution is 2.37. The van der Waals surface area contributed by atoms with Gasteiger partial charge in [-0.3, -0.25) is 0 Å². The Morgan fingerprint density at radius 2 is 2.00 bits per heavy atom. The van der Waals surface area contributed by atoms with Crippen LogP contribution in [0.1, 0.15) is 53.4 Å². The number of nitrogens with one attached hydrogen (secondary N) is 1. The van der Waals surface area contributed by atoms with Crippen LogP contribution in [0.3, 0.4) is 0 Å². The Bertz CT molecular complexity index is 251. The molecule has 0 aromatic carbocycles. The standard InChI is InChI=1S/C15H31NO2/c1-14(2)9-7-8-12(13(14)16-5)18-11-10-15(3,4)17-6/h12-13,16H,7-11H2,1-6H3. The second kappa shape index (κ2) is 6.36. The molecule has 2 unspecified atom stereocenters. The van der Waals surface area contributed by atoms with Crippen LogP contribution in [-0.2, 0) is 9.47 Å². The normalized spacial score (nSPS) is 28.3. The molecule has 3 nitrogen and oxygen atoms in total. The zero-order valence-electron chi connectivity index (χ0n) is 13.0. The molecule has 0 bridgehead atoms. The summed E-state index contributed by atoms with van der Waals surface area (Å²) in [7, 11) is 3.81. The molecular weight excluding hydrogens is 226 g/mol. The van der Waals surface area contributed by atoms with Crippen LogP contribution in [0, 0.1) is 5.41 Å². The minimum Gasteiger partial charge on any atom is -0.379 e. The van der Waals surface area contributed by atoms with Crippen molar-refractivity contribution in [3.63, 3.8) is 0 Å². The molecule has 0 aliphatic heterocycles. The summed E-state index contributed by atoms with van der Waals surface area (Å²) in [6, 6.07) is 0.455. The topological polar surface area (TPSA) is 30.5 Å². The summed E-state index contributed by atoms with van der Waals surface area (Å²) in [4.78, 5) is 0. The maximum atomic E-state index is 6.12. The molecular formula is C15H31NO2. The van der Waals surface area contributed by atoms with Crippen LogP contribution < -0.4 is 5.32 Å². The second-order valence-corrected chi connectivity index (χ2v) is 6.77. The highest BCUT2D eigenvalue weighted by molar-refractivity contribution is 4.93. The predicted octanol–water partition coefficient (Wildman–Crippen LogP) is 2.98. The van der Waals surface area contributed by atoms with Crippen LogP contribution >= 0.6 is 0 Å². The molecule has 2 atom stereocenters. The first-order valence-corrected chi connectivity index (χ1v) is 7.16. The van der Waals surface area contributed by atoms with Crippen molar-refractivity contribution >= 4 is 0 Å². The van der Waals surface area contributed by atoms with Crippen molar-refractivity contribution in [1.29, 1.82) is 0 Å². The van der Waals surface area contributed by atoms with E-state index in [-0.39, 0.29) is 5.60 Å². The molecule has 1 N–H and O–H groups in total. The van der Waals surface area contributed by atoms with Crippen molar-refractivity contribution in [2.24, 2.45) is 5.41 Å². The lowest BCUT2D eigenvalue weighted by Crippen LogP contribution is -2.52. The molecule has 0 radical (unpaired) electrons. The quantitative estimate of drug-likeness (QED) is 0.793. The van der Waals surface area contributed by atoms with E-state index in [9.17, 15) is 0 Å². The third-order valence-electron chi connectivity index (χ3n) is 4.42. The highest BCUT2D eigenvalue weighted by Gasteiger charge is 2.38. The van der Waals surface area contributed by atoms with E-state index >= 15 is 0 Å². The van der Waals surface area contributed by atoms with Gasteiger partial charge in [0.05, 0.1) is 11.7 Å². The lowest BCUT2D eigenvalue weighted by atomic mass is 9.72. The van der Waals surface area contributed by atoms with Gasteiger partial charge in [-0.1, -0.05) is 20.3 Å². The van der Waals surface area contributed by atoms with Crippen molar-refractivity contribution < 1.29 is 9.47 Å². The Morgan fingerprint density at radius 1 is 1.33 bits per heavy atom. The number of ether oxygens (including phenoxy) is 2. The molecule has 0 aromatic heterocycles. The number of hydrogen-bond acceptors (Lipinski definition) is 3. The molecule has 1 rings (SSSR count). The molecule has 3 heteroatoms. The van der Waals surface area contributed by atoms with Gasteiger partial charge in [0.2, 0.25) is 0 Å². The van der Waals surface area contributed by atoms with Crippen LogP contribution in [0.5, 0.6) is 0 Å². The smallest absolute Gasteiger partial charge is 0.0733 e. The zero-order valence-corrected chi connectivity index (χ0v) is 13.0. The first-order valence-electron chi connectivity index (χ1n) is 7.16. The summed E-state index contributed by atoms with van der Waals surface area (Å²) in [6.45, 7) is 9.67. The molecule has 1 fully saturated rings. The maximum absolute atomic E-state index is 6.12. The first kappa shape index (κ1) is 15.9. The van der Waals surface area contributed by atoms with E-state index in [0.29, 0.717) is 17.6 Å². The Morgan fingerprint density at radius 3 is 2.56 bits per heavy atom. The fourth-order valence-corrected chi connectivity index (χ4v) is 2.90. The van der Waals surface area contributed by atoms with E-state index in [1.54, 1.807) is 7.11 Å². The molecule has 0 amide bonds. The molecule has 0 spiro atoms. The Balaban J connectivity index is 2.45. The minimum absolute atomic E-state index is 0.0840. The number of hydrogen-bond donors (Lipinski definition) is 1. The van der Waals surface area contributed by atoms with Crippen molar-refractivity contribution in [3.05, 3.63) is 0 Å². The molecule has 0 heterocycles. The molecule has 1 aliphatic rings. The van der Waals surface area contributed by atoms with Crippen molar-refractivity contribution in [1.82, 2.24) is 5.32 Å². The van der Waals surface area contributed by atoms with Gasteiger partial charge in [-0.05, 0) is 45.6 Å². The fourth-order valence-electron chi connectivity index (χ4n) is 2.90. The SMILES string of the molecule is CNC1C(OCCC(C)(C)OC)CCCC1(C)C. The second-order valence-electron chi connectivity index (χ2n) is 6.77. The van der Waals surface area contributed by atoms with Crippen LogP contribution in [-0.4, -0.2) is 38.5 Å².